The standard InChI is InChI=1S/C19H16Cl2F3NO6S/c1-2-30-18(27)15(25-17(26)16-13(20)4-3-5-14(16)21)10-11-6-8-12(9-7-11)31-32(28,29)19(22,23)24/h3-9,15H,2,10H2,1H3,(H,25,26)/t15-/m0/s1. The molecule has 1 atom stereocenters. The van der Waals surface area contributed by atoms with Crippen LogP contribution in [-0.4, -0.2) is 38.5 Å². The molecule has 1 N–H and O–H groups in total. The topological polar surface area (TPSA) is 98.8 Å². The van der Waals surface area contributed by atoms with Crippen LogP contribution in [-0.2, 0) is 26.1 Å². The average molecular weight is 514 g/mol. The molecule has 174 valence electrons. The number of alkyl halides is 3. The molecule has 0 heterocycles. The monoisotopic (exact) mass is 513 g/mol. The molecule has 0 unspecified atom stereocenters. The summed E-state index contributed by atoms with van der Waals surface area (Å²) in [5.41, 5.74) is -5.26. The molecular formula is C19H16Cl2F3NO6S. The first-order valence-electron chi connectivity index (χ1n) is 8.87. The number of hydrogen-bond donors (Lipinski definition) is 1. The van der Waals surface area contributed by atoms with E-state index in [0.717, 1.165) is 12.1 Å². The third kappa shape index (κ3) is 6.50. The summed E-state index contributed by atoms with van der Waals surface area (Å²) in [6.45, 7) is 1.59. The molecule has 0 bridgehead atoms. The van der Waals surface area contributed by atoms with Crippen LogP contribution in [0.15, 0.2) is 42.5 Å². The zero-order chi connectivity index (χ0) is 24.1. The number of carbonyl (C=O) groups excluding carboxylic acids is 2. The highest BCUT2D eigenvalue weighted by Gasteiger charge is 2.48. The minimum Gasteiger partial charge on any atom is -0.464 e. The Morgan fingerprint density at radius 1 is 1.06 bits per heavy atom. The first kappa shape index (κ1) is 25.8. The van der Waals surface area contributed by atoms with Crippen LogP contribution in [0.5, 0.6) is 5.75 Å². The van der Waals surface area contributed by atoms with Gasteiger partial charge in [-0.25, -0.2) is 4.79 Å². The summed E-state index contributed by atoms with van der Waals surface area (Å²) in [5.74, 6) is -2.09. The van der Waals surface area contributed by atoms with Crippen molar-refractivity contribution in [3.63, 3.8) is 0 Å². The Kier molecular flexibility index (Phi) is 8.38. The molecular weight excluding hydrogens is 498 g/mol. The maximum absolute atomic E-state index is 12.6. The van der Waals surface area contributed by atoms with Crippen LogP contribution in [0.4, 0.5) is 13.2 Å². The molecule has 0 aliphatic heterocycles. The second-order valence-electron chi connectivity index (χ2n) is 6.21. The molecule has 2 aromatic rings. The second-order valence-corrected chi connectivity index (χ2v) is 8.56. The summed E-state index contributed by atoms with van der Waals surface area (Å²) in [6.07, 6.45) is -0.126. The Morgan fingerprint density at radius 2 is 1.62 bits per heavy atom. The summed E-state index contributed by atoms with van der Waals surface area (Å²) in [4.78, 5) is 24.9. The molecule has 32 heavy (non-hydrogen) atoms. The van der Waals surface area contributed by atoms with Crippen molar-refractivity contribution >= 4 is 45.2 Å². The van der Waals surface area contributed by atoms with Crippen molar-refractivity contribution in [2.75, 3.05) is 6.61 Å². The van der Waals surface area contributed by atoms with Gasteiger partial charge in [-0.3, -0.25) is 4.79 Å². The summed E-state index contributed by atoms with van der Waals surface area (Å²) >= 11 is 12.0. The van der Waals surface area contributed by atoms with Crippen molar-refractivity contribution in [3.05, 3.63) is 63.6 Å². The van der Waals surface area contributed by atoms with Gasteiger partial charge < -0.3 is 14.2 Å². The van der Waals surface area contributed by atoms with Gasteiger partial charge in [0, 0.05) is 6.42 Å². The van der Waals surface area contributed by atoms with Crippen LogP contribution in [0.25, 0.3) is 0 Å². The molecule has 2 aromatic carbocycles. The van der Waals surface area contributed by atoms with Crippen molar-refractivity contribution in [2.24, 2.45) is 0 Å². The molecule has 0 fully saturated rings. The molecule has 0 aromatic heterocycles. The van der Waals surface area contributed by atoms with Crippen LogP contribution in [0.1, 0.15) is 22.8 Å². The summed E-state index contributed by atoms with van der Waals surface area (Å²) in [7, 11) is -5.82. The van der Waals surface area contributed by atoms with Gasteiger partial charge in [0.2, 0.25) is 0 Å². The predicted molar refractivity (Wildman–Crippen MR) is 110 cm³/mol. The molecule has 13 heteroatoms. The largest absolute Gasteiger partial charge is 0.534 e. The normalized spacial score (nSPS) is 12.7. The Balaban J connectivity index is 2.20. The lowest BCUT2D eigenvalue weighted by Crippen LogP contribution is -2.43. The van der Waals surface area contributed by atoms with Gasteiger partial charge in [-0.1, -0.05) is 41.4 Å². The number of nitrogens with one attached hydrogen (secondary N) is 1. The Bertz CT molecular complexity index is 1070. The summed E-state index contributed by atoms with van der Waals surface area (Å²) < 4.78 is 68.4. The predicted octanol–water partition coefficient (Wildman–Crippen LogP) is 4.13. The smallest absolute Gasteiger partial charge is 0.464 e. The van der Waals surface area contributed by atoms with E-state index in [1.165, 1.54) is 30.3 Å². The molecule has 0 spiro atoms. The lowest BCUT2D eigenvalue weighted by atomic mass is 10.0. The number of halogens is 5. The third-order valence-electron chi connectivity index (χ3n) is 3.92. The summed E-state index contributed by atoms with van der Waals surface area (Å²) in [5, 5.41) is 2.58. The molecule has 0 aliphatic carbocycles. The van der Waals surface area contributed by atoms with Crippen LogP contribution >= 0.6 is 23.2 Å². The molecule has 2 rings (SSSR count). The van der Waals surface area contributed by atoms with E-state index >= 15 is 0 Å². The number of carbonyl (C=O) groups is 2. The minimum absolute atomic E-state index is 0.0279. The van der Waals surface area contributed by atoms with Crippen molar-refractivity contribution in [1.82, 2.24) is 5.32 Å². The third-order valence-corrected chi connectivity index (χ3v) is 5.53. The molecule has 0 aliphatic rings. The van der Waals surface area contributed by atoms with E-state index in [1.54, 1.807) is 6.92 Å². The fraction of sp³-hybridized carbons (Fsp3) is 0.263. The summed E-state index contributed by atoms with van der Waals surface area (Å²) in [6, 6.07) is 7.66. The van der Waals surface area contributed by atoms with E-state index in [2.05, 4.69) is 9.50 Å². The van der Waals surface area contributed by atoms with E-state index in [4.69, 9.17) is 27.9 Å². The zero-order valence-corrected chi connectivity index (χ0v) is 18.6. The Labute approximate surface area is 191 Å². The van der Waals surface area contributed by atoms with Crippen LogP contribution in [0, 0.1) is 0 Å². The van der Waals surface area contributed by atoms with Crippen LogP contribution in [0.3, 0.4) is 0 Å². The number of hydrogen-bond acceptors (Lipinski definition) is 6. The van der Waals surface area contributed by atoms with Gasteiger partial charge in [0.1, 0.15) is 11.8 Å². The highest BCUT2D eigenvalue weighted by atomic mass is 35.5. The molecule has 7 nitrogen and oxygen atoms in total. The van der Waals surface area contributed by atoms with Gasteiger partial charge in [0.15, 0.2) is 0 Å². The van der Waals surface area contributed by atoms with Gasteiger partial charge in [-0.05, 0) is 36.8 Å². The SMILES string of the molecule is CCOC(=O)[C@H](Cc1ccc(OS(=O)(=O)C(F)(F)F)cc1)NC(=O)c1c(Cl)cccc1Cl. The number of rotatable bonds is 8. The first-order chi connectivity index (χ1) is 14.9. The Morgan fingerprint density at radius 3 is 2.12 bits per heavy atom. The van der Waals surface area contributed by atoms with E-state index in [-0.39, 0.29) is 28.6 Å². The number of benzene rings is 2. The fourth-order valence-electron chi connectivity index (χ4n) is 2.47. The number of amides is 1. The first-order valence-corrected chi connectivity index (χ1v) is 11.0. The van der Waals surface area contributed by atoms with Crippen molar-refractivity contribution in [2.45, 2.75) is 24.9 Å². The molecule has 1 amide bonds. The molecule has 0 saturated heterocycles. The lowest BCUT2D eigenvalue weighted by Gasteiger charge is -2.18. The van der Waals surface area contributed by atoms with E-state index < -0.39 is 39.3 Å². The van der Waals surface area contributed by atoms with Gasteiger partial charge in [0.05, 0.1) is 22.2 Å². The zero-order valence-electron chi connectivity index (χ0n) is 16.3. The van der Waals surface area contributed by atoms with Crippen LogP contribution in [0.2, 0.25) is 10.0 Å². The highest BCUT2D eigenvalue weighted by molar-refractivity contribution is 7.88. The average Bonchev–Trinajstić information content (AvgIpc) is 2.68. The van der Waals surface area contributed by atoms with Gasteiger partial charge >= 0.3 is 21.6 Å². The highest BCUT2D eigenvalue weighted by Crippen LogP contribution is 2.27. The van der Waals surface area contributed by atoms with E-state index in [1.807, 2.05) is 0 Å². The van der Waals surface area contributed by atoms with Crippen molar-refractivity contribution < 1.29 is 40.1 Å². The van der Waals surface area contributed by atoms with Crippen molar-refractivity contribution in [3.8, 4) is 5.75 Å². The second kappa shape index (κ2) is 10.4. The molecule has 0 radical (unpaired) electrons. The number of ether oxygens (including phenoxy) is 1. The maximum Gasteiger partial charge on any atom is 0.534 e. The van der Waals surface area contributed by atoms with Crippen LogP contribution < -0.4 is 9.50 Å². The van der Waals surface area contributed by atoms with E-state index in [9.17, 15) is 31.2 Å². The Hall–Kier alpha value is -2.50. The van der Waals surface area contributed by atoms with Gasteiger partial charge in [-0.15, -0.1) is 0 Å². The van der Waals surface area contributed by atoms with Gasteiger partial charge in [-0.2, -0.15) is 21.6 Å². The fourth-order valence-corrected chi connectivity index (χ4v) is 3.50. The number of esters is 1. The van der Waals surface area contributed by atoms with E-state index in [0.29, 0.717) is 5.56 Å². The molecule has 0 saturated carbocycles. The lowest BCUT2D eigenvalue weighted by molar-refractivity contribution is -0.145. The van der Waals surface area contributed by atoms with Gasteiger partial charge in [0.25, 0.3) is 5.91 Å². The quantitative estimate of drug-likeness (QED) is 0.323. The maximum atomic E-state index is 12.6. The van der Waals surface area contributed by atoms with Crippen molar-refractivity contribution in [1.29, 1.82) is 0 Å². The minimum atomic E-state index is -5.82.